The molecule has 0 spiro atoms. The number of carbonyl (C=O) groups is 8. The van der Waals surface area contributed by atoms with Crippen LogP contribution in [0.15, 0.2) is 125 Å². The van der Waals surface area contributed by atoms with E-state index in [-0.39, 0.29) is 91.2 Å². The number of nitrogens with one attached hydrogen (secondary N) is 5. The third-order valence-electron chi connectivity index (χ3n) is 23.7. The molecule has 2 bridgehead atoms. The Morgan fingerprint density at radius 1 is 0.779 bits per heavy atom. The summed E-state index contributed by atoms with van der Waals surface area (Å²) < 4.78 is 41.2. The zero-order chi connectivity index (χ0) is 86.4. The molecule has 9 heterocycles. The fraction of sp³-hybridized carbons (Fsp3) is 0.500. The van der Waals surface area contributed by atoms with Gasteiger partial charge in [-0.1, -0.05) is 68.8 Å². The smallest absolute Gasteiger partial charge is 0.469 e. The summed E-state index contributed by atoms with van der Waals surface area (Å²) in [6, 6.07) is 26.6. The number of carbonyl (C=O) groups excluding carboxylic acids is 8. The lowest BCUT2D eigenvalue weighted by molar-refractivity contribution is -0.151. The number of aryl methyl sites for hydroxylation is 1. The Hall–Kier alpha value is -10.8. The van der Waals surface area contributed by atoms with E-state index in [2.05, 4.69) is 78.4 Å². The van der Waals surface area contributed by atoms with Gasteiger partial charge in [-0.25, -0.2) is 19.3 Å². The Morgan fingerprint density at radius 3 is 2.20 bits per heavy atom. The Labute approximate surface area is 713 Å². The first-order chi connectivity index (χ1) is 58.6. The number of fused-ring (bicyclic) bond motifs is 2. The summed E-state index contributed by atoms with van der Waals surface area (Å²) in [6.07, 6.45) is 8.97. The SMILES string of the molecule is Cc1ncsc1-c1ccc([C@H](C)NC(=O)[C@@H]2C[C@@H](OP(=O)(O)O)CN2C(=O)[C@@H](c2cc(OCCN3CCN(CCOc4cc(N5C6CCC5CN(c5cc(-c7ccccc7O)nnc5NC(=O)OCc5ccc(NC(=O)[C@H](CCCCN(C)C)NC(=O)C7(C(=O)NCCCCCN8C(=O)C=CC8=O)CCC7)cc5)C6)ccn4)[C@H](C)C3)no2)C(C)C)cc1. The number of imide groups is 1. The number of para-hydroxylation sites is 1. The molecule has 8 atom stereocenters. The number of hydrogen-bond acceptors (Lipinski definition) is 26. The maximum absolute atomic E-state index is 14.6. The summed E-state index contributed by atoms with van der Waals surface area (Å²) in [4.78, 5) is 152. The van der Waals surface area contributed by atoms with E-state index < -0.39 is 73.1 Å². The number of phosphoric ester groups is 1. The number of phosphoric acid groups is 1. The fourth-order valence-electron chi connectivity index (χ4n) is 16.9. The van der Waals surface area contributed by atoms with E-state index in [0.717, 1.165) is 72.8 Å². The first-order valence-corrected chi connectivity index (χ1v) is 44.4. The summed E-state index contributed by atoms with van der Waals surface area (Å²) in [5.41, 5.74) is 6.73. The van der Waals surface area contributed by atoms with Crippen LogP contribution >= 0.6 is 19.2 Å². The van der Waals surface area contributed by atoms with E-state index >= 15 is 0 Å². The largest absolute Gasteiger partial charge is 0.507 e. The van der Waals surface area contributed by atoms with Crippen LogP contribution in [0.25, 0.3) is 21.7 Å². The number of unbranched alkanes of at least 4 members (excludes halogenated alkanes) is 3. The molecule has 8 N–H and O–H groups in total. The highest BCUT2D eigenvalue weighted by Crippen LogP contribution is 2.45. The zero-order valence-corrected chi connectivity index (χ0v) is 71.6. The molecule has 5 aliphatic heterocycles. The number of aromatic nitrogens is 5. The van der Waals surface area contributed by atoms with E-state index in [4.69, 9.17) is 23.3 Å². The van der Waals surface area contributed by atoms with Gasteiger partial charge in [0.25, 0.3) is 17.7 Å². The summed E-state index contributed by atoms with van der Waals surface area (Å²) in [6.45, 7) is 16.0. The van der Waals surface area contributed by atoms with Gasteiger partial charge in [0, 0.05) is 137 Å². The van der Waals surface area contributed by atoms with Crippen molar-refractivity contribution in [1.82, 2.24) is 65.8 Å². The monoisotopic (exact) mass is 1720 g/mol. The average molecular weight is 1720 g/mol. The minimum Gasteiger partial charge on any atom is -0.507 e. The molecule has 34 nitrogen and oxygen atoms in total. The van der Waals surface area contributed by atoms with Crippen LogP contribution in [0.5, 0.6) is 17.5 Å². The second-order valence-electron chi connectivity index (χ2n) is 32.9. The standard InChI is InChI=1S/C86H110N17O17PS/c1-54(2)77(82(109)102-51-65(120-121(113,114)115)45-70(102)81(108)90-56(4)59-21-23-60(24-22-59)78-57(5)89-53-122-78)72-47-74(96-119-72)117-42-40-98-38-39-99(55(3)48-98)41-43-116-73-44-62(31-35-87-73)103-63-27-28-64(103)50-100(49-63)69-46-68(66-16-9-10-18-71(66)104)94-95-79(69)93-85(112)118-52-58-19-25-61(26-20-58)91-80(107)67(17-11-14-36-97(6)7)92-84(111)86(32-15-33-86)83(110)88-34-12-8-13-37-101-75(105)29-30-76(101)106/h9-10,16,18-26,29-31,35,44,46-47,53-56,63-65,67,70,77,104H,8,11-15,17,27-28,32-34,36-43,45,48-52H2,1-7H3,(H,88,110)(H,90,108)(H,91,107)(H,92,111)(H,93,95,112)(H2,113,114,115)/t55-,56+,63?,64?,65-,67+,70+,77-/m1/s1. The minimum absolute atomic E-state index is 0.0207. The number of nitrogens with zero attached hydrogens (tertiary/aromatic N) is 12. The first-order valence-electron chi connectivity index (χ1n) is 41.9. The van der Waals surface area contributed by atoms with Gasteiger partial charge in [-0.3, -0.25) is 58.1 Å². The third kappa shape index (κ3) is 22.4. The van der Waals surface area contributed by atoms with Crippen LogP contribution in [0.4, 0.5) is 27.7 Å². The predicted octanol–water partition coefficient (Wildman–Crippen LogP) is 8.97. The maximum atomic E-state index is 14.6. The van der Waals surface area contributed by atoms with Gasteiger partial charge in [0.15, 0.2) is 11.6 Å². The summed E-state index contributed by atoms with van der Waals surface area (Å²) in [5, 5.41) is 38.8. The van der Waals surface area contributed by atoms with Crippen LogP contribution in [0.3, 0.4) is 0 Å². The highest BCUT2D eigenvalue weighted by Gasteiger charge is 2.52. The van der Waals surface area contributed by atoms with Crippen molar-refractivity contribution in [2.24, 2.45) is 11.3 Å². The number of phenolic OH excluding ortho intramolecular Hbond substituents is 1. The van der Waals surface area contributed by atoms with E-state index in [1.54, 1.807) is 66.3 Å². The maximum Gasteiger partial charge on any atom is 0.469 e. The third-order valence-corrected chi connectivity index (χ3v) is 25.2. The zero-order valence-electron chi connectivity index (χ0n) is 69.9. The number of ether oxygens (including phenoxy) is 3. The quantitative estimate of drug-likeness (QED) is 0.00770. The molecule has 0 radical (unpaired) electrons. The molecule has 1 aliphatic carbocycles. The van der Waals surface area contributed by atoms with Gasteiger partial charge in [-0.2, -0.15) is 0 Å². The van der Waals surface area contributed by atoms with E-state index in [0.29, 0.717) is 131 Å². The highest BCUT2D eigenvalue weighted by atomic mass is 32.1. The molecule has 2 unspecified atom stereocenters. The van der Waals surface area contributed by atoms with Gasteiger partial charge in [-0.05, 0) is 170 Å². The van der Waals surface area contributed by atoms with Crippen LogP contribution < -0.4 is 45.9 Å². The molecule has 1 saturated carbocycles. The lowest BCUT2D eigenvalue weighted by Crippen LogP contribution is -2.58. The van der Waals surface area contributed by atoms with E-state index in [1.165, 1.54) is 33.3 Å². The van der Waals surface area contributed by atoms with Crippen molar-refractivity contribution >= 4 is 89.5 Å². The van der Waals surface area contributed by atoms with Crippen LogP contribution in [0, 0.1) is 18.3 Å². The van der Waals surface area contributed by atoms with Crippen molar-refractivity contribution in [3.05, 3.63) is 144 Å². The average Bonchev–Trinajstić information content (AvgIpc) is 1.42. The molecule has 652 valence electrons. The highest BCUT2D eigenvalue weighted by molar-refractivity contribution is 7.46. The lowest BCUT2D eigenvalue weighted by atomic mass is 9.67. The number of amides is 8. The molecule has 3 aromatic carbocycles. The second-order valence-corrected chi connectivity index (χ2v) is 35.0. The Bertz CT molecular complexity index is 4900. The number of benzene rings is 3. The molecule has 4 aromatic heterocycles. The molecule has 13 rings (SSSR count). The minimum atomic E-state index is -4.98. The van der Waals surface area contributed by atoms with E-state index in [9.17, 15) is 57.8 Å². The number of anilines is 4. The molecule has 122 heavy (non-hydrogen) atoms. The van der Waals surface area contributed by atoms with E-state index in [1.807, 2.05) is 89.2 Å². The van der Waals surface area contributed by atoms with Gasteiger partial charge >= 0.3 is 13.9 Å². The number of pyridine rings is 1. The van der Waals surface area contributed by atoms with Crippen molar-refractivity contribution in [2.45, 2.75) is 167 Å². The van der Waals surface area contributed by atoms with Crippen molar-refractivity contribution < 1.29 is 81.1 Å². The Balaban J connectivity index is 0.562. The second kappa shape index (κ2) is 40.5. The number of rotatable bonds is 39. The summed E-state index contributed by atoms with van der Waals surface area (Å²) in [5.74, 6) is -3.13. The normalized spacial score (nSPS) is 19.8. The molecule has 7 aromatic rings. The van der Waals surface area contributed by atoms with Crippen molar-refractivity contribution in [3.63, 3.8) is 0 Å². The van der Waals surface area contributed by atoms with Gasteiger partial charge < -0.3 is 74.5 Å². The van der Waals surface area contributed by atoms with Gasteiger partial charge in [0.1, 0.15) is 49.0 Å². The van der Waals surface area contributed by atoms with Crippen molar-refractivity contribution in [1.29, 1.82) is 0 Å². The van der Waals surface area contributed by atoms with Crippen LogP contribution in [-0.4, -0.2) is 248 Å². The van der Waals surface area contributed by atoms with Crippen LogP contribution in [0.1, 0.15) is 139 Å². The van der Waals surface area contributed by atoms with Gasteiger partial charge in [0.05, 0.1) is 39.6 Å². The predicted molar refractivity (Wildman–Crippen MR) is 456 cm³/mol. The van der Waals surface area contributed by atoms with Crippen LogP contribution in [-0.2, 0) is 54.0 Å². The van der Waals surface area contributed by atoms with Crippen molar-refractivity contribution in [3.8, 4) is 39.2 Å². The number of aromatic hydroxyl groups is 1. The van der Waals surface area contributed by atoms with Gasteiger partial charge in [-0.15, -0.1) is 21.5 Å². The summed E-state index contributed by atoms with van der Waals surface area (Å²) in [7, 11) is -1.05. The van der Waals surface area contributed by atoms with Crippen molar-refractivity contribution in [2.75, 3.05) is 120 Å². The number of thiazole rings is 1. The number of piperazine rings is 2. The molecule has 8 amide bonds. The molecule has 5 fully saturated rings. The molecule has 36 heteroatoms. The molecule has 4 saturated heterocycles. The number of hydrogen-bond donors (Lipinski definition) is 8. The Kier molecular flexibility index (Phi) is 29.5. The molecular weight excluding hydrogens is 1610 g/mol. The number of likely N-dealkylation sites (tertiary alicyclic amines) is 1. The summed E-state index contributed by atoms with van der Waals surface area (Å²) >= 11 is 1.54. The first kappa shape index (κ1) is 89.0. The lowest BCUT2D eigenvalue weighted by Gasteiger charge is -2.43. The Morgan fingerprint density at radius 2 is 1.52 bits per heavy atom. The molecular formula is C86H110N17O17PS. The van der Waals surface area contributed by atoms with Gasteiger partial charge in [0.2, 0.25) is 35.4 Å². The molecule has 6 aliphatic rings. The fourth-order valence-corrected chi connectivity index (χ4v) is 18.3. The van der Waals surface area contributed by atoms with Crippen LogP contribution in [0.2, 0.25) is 0 Å². The topological polar surface area (TPSA) is 412 Å². The number of phenols is 1.